The molecule has 0 radical (unpaired) electrons. The van der Waals surface area contributed by atoms with Crippen molar-refractivity contribution >= 4 is 23.2 Å². The van der Waals surface area contributed by atoms with Crippen LogP contribution in [0.4, 0.5) is 5.69 Å². The van der Waals surface area contributed by atoms with E-state index in [9.17, 15) is 4.79 Å². The van der Waals surface area contributed by atoms with E-state index in [0.29, 0.717) is 24.5 Å². The van der Waals surface area contributed by atoms with Crippen molar-refractivity contribution in [1.82, 2.24) is 14.8 Å². The number of aryl methyl sites for hydroxylation is 1. The van der Waals surface area contributed by atoms with Gasteiger partial charge in [-0.1, -0.05) is 11.6 Å². The highest BCUT2D eigenvalue weighted by molar-refractivity contribution is 6.30. The Morgan fingerprint density at radius 2 is 2.04 bits per heavy atom. The topological polar surface area (TPSA) is 69.0 Å². The van der Waals surface area contributed by atoms with Crippen LogP contribution in [-0.2, 0) is 4.79 Å². The molecule has 0 fully saturated rings. The van der Waals surface area contributed by atoms with Crippen LogP contribution in [0.15, 0.2) is 55.1 Å². The van der Waals surface area contributed by atoms with Gasteiger partial charge in [0.05, 0.1) is 12.3 Å². The number of hydrogen-bond acceptors (Lipinski definition) is 4. The van der Waals surface area contributed by atoms with E-state index in [-0.39, 0.29) is 5.91 Å². The predicted molar refractivity (Wildman–Crippen MR) is 101 cm³/mol. The molecule has 7 heteroatoms. The third-order valence-corrected chi connectivity index (χ3v) is 4.01. The number of anilines is 1. The van der Waals surface area contributed by atoms with E-state index in [1.165, 1.54) is 6.33 Å². The van der Waals surface area contributed by atoms with Crippen LogP contribution in [0.5, 0.6) is 5.75 Å². The monoisotopic (exact) mass is 370 g/mol. The molecule has 0 unspecified atom stereocenters. The lowest BCUT2D eigenvalue weighted by Crippen LogP contribution is -2.13. The minimum absolute atomic E-state index is 0.0464. The van der Waals surface area contributed by atoms with Gasteiger partial charge in [0, 0.05) is 17.1 Å². The fraction of sp³-hybridized carbons (Fsp3) is 0.211. The Balaban J connectivity index is 1.42. The van der Waals surface area contributed by atoms with Crippen molar-refractivity contribution in [2.75, 3.05) is 11.9 Å². The zero-order valence-electron chi connectivity index (χ0n) is 14.4. The molecule has 0 bridgehead atoms. The number of rotatable bonds is 7. The number of nitrogens with one attached hydrogen (secondary N) is 1. The Morgan fingerprint density at radius 1 is 1.23 bits per heavy atom. The highest BCUT2D eigenvalue weighted by atomic mass is 35.5. The van der Waals surface area contributed by atoms with Crippen LogP contribution in [0, 0.1) is 6.92 Å². The fourth-order valence-electron chi connectivity index (χ4n) is 2.45. The Bertz CT molecular complexity index is 864. The van der Waals surface area contributed by atoms with Crippen LogP contribution in [0.25, 0.3) is 5.69 Å². The molecule has 1 aromatic heterocycles. The highest BCUT2D eigenvalue weighted by Gasteiger charge is 2.05. The number of ether oxygens (including phenoxy) is 1. The first kappa shape index (κ1) is 17.9. The van der Waals surface area contributed by atoms with Gasteiger partial charge in [0.15, 0.2) is 0 Å². The lowest BCUT2D eigenvalue weighted by atomic mass is 10.2. The molecule has 0 saturated carbocycles. The molecule has 134 valence electrons. The summed E-state index contributed by atoms with van der Waals surface area (Å²) in [5.74, 6) is 0.744. The number of benzene rings is 2. The summed E-state index contributed by atoms with van der Waals surface area (Å²) < 4.78 is 7.35. The maximum atomic E-state index is 12.0. The van der Waals surface area contributed by atoms with Crippen molar-refractivity contribution in [2.45, 2.75) is 19.8 Å². The van der Waals surface area contributed by atoms with E-state index in [1.807, 2.05) is 43.3 Å². The summed E-state index contributed by atoms with van der Waals surface area (Å²) in [4.78, 5) is 15.9. The Hall–Kier alpha value is -2.86. The summed E-state index contributed by atoms with van der Waals surface area (Å²) in [7, 11) is 0. The van der Waals surface area contributed by atoms with Crippen LogP contribution in [-0.4, -0.2) is 27.3 Å². The van der Waals surface area contributed by atoms with Gasteiger partial charge in [0.25, 0.3) is 0 Å². The third kappa shape index (κ3) is 4.83. The molecule has 0 saturated heterocycles. The quantitative estimate of drug-likeness (QED) is 0.637. The normalized spacial score (nSPS) is 10.5. The number of nitrogens with zero attached hydrogens (tertiary/aromatic N) is 3. The van der Waals surface area contributed by atoms with Crippen molar-refractivity contribution in [3.05, 3.63) is 65.7 Å². The molecule has 1 heterocycles. The SMILES string of the molecule is Cc1cc(Cl)ccc1OCCCC(=O)Nc1ccc(-n2cncn2)cc1. The first-order valence-corrected chi connectivity index (χ1v) is 8.63. The molecule has 0 aliphatic heterocycles. The molecule has 0 aliphatic carbocycles. The molecule has 6 nitrogen and oxygen atoms in total. The largest absolute Gasteiger partial charge is 0.493 e. The molecule has 3 rings (SSSR count). The predicted octanol–water partition coefficient (Wildman–Crippen LogP) is 4.03. The van der Waals surface area contributed by atoms with Crippen molar-refractivity contribution in [3.63, 3.8) is 0 Å². The van der Waals surface area contributed by atoms with Crippen molar-refractivity contribution in [2.24, 2.45) is 0 Å². The zero-order valence-corrected chi connectivity index (χ0v) is 15.1. The fourth-order valence-corrected chi connectivity index (χ4v) is 2.68. The van der Waals surface area contributed by atoms with Crippen LogP contribution < -0.4 is 10.1 Å². The number of carbonyl (C=O) groups is 1. The second-order valence-electron chi connectivity index (χ2n) is 5.80. The minimum atomic E-state index is -0.0464. The molecule has 0 aliphatic rings. The maximum Gasteiger partial charge on any atom is 0.224 e. The molecule has 26 heavy (non-hydrogen) atoms. The second kappa shape index (κ2) is 8.49. The van der Waals surface area contributed by atoms with Gasteiger partial charge in [0.1, 0.15) is 18.4 Å². The standard InChI is InChI=1S/C19H19ClN4O2/c1-14-11-15(20)4-9-18(14)26-10-2-3-19(25)23-16-5-7-17(8-6-16)24-13-21-12-22-24/h4-9,11-13H,2-3,10H2,1H3,(H,23,25). The molecule has 1 N–H and O–H groups in total. The van der Waals surface area contributed by atoms with Gasteiger partial charge < -0.3 is 10.1 Å². The number of hydrogen-bond donors (Lipinski definition) is 1. The van der Waals surface area contributed by atoms with Gasteiger partial charge >= 0.3 is 0 Å². The first-order chi connectivity index (χ1) is 12.6. The number of halogens is 1. The molecule has 0 spiro atoms. The molecular formula is C19H19ClN4O2. The smallest absolute Gasteiger partial charge is 0.224 e. The number of aromatic nitrogens is 3. The van der Waals surface area contributed by atoms with E-state index >= 15 is 0 Å². The lowest BCUT2D eigenvalue weighted by molar-refractivity contribution is -0.116. The van der Waals surface area contributed by atoms with Gasteiger partial charge in [-0.25, -0.2) is 9.67 Å². The summed E-state index contributed by atoms with van der Waals surface area (Å²) >= 11 is 5.92. The van der Waals surface area contributed by atoms with E-state index in [0.717, 1.165) is 22.7 Å². The molecule has 1 amide bonds. The van der Waals surface area contributed by atoms with Gasteiger partial charge in [-0.15, -0.1) is 0 Å². The first-order valence-electron chi connectivity index (χ1n) is 8.26. The Kier molecular flexibility index (Phi) is 5.86. The lowest BCUT2D eigenvalue weighted by Gasteiger charge is -2.10. The minimum Gasteiger partial charge on any atom is -0.493 e. The second-order valence-corrected chi connectivity index (χ2v) is 6.23. The van der Waals surface area contributed by atoms with Gasteiger partial charge in [-0.05, 0) is 61.4 Å². The average molecular weight is 371 g/mol. The Morgan fingerprint density at radius 3 is 2.73 bits per heavy atom. The molecule has 0 atom stereocenters. The molecular weight excluding hydrogens is 352 g/mol. The summed E-state index contributed by atoms with van der Waals surface area (Å²) in [5, 5.41) is 7.62. The summed E-state index contributed by atoms with van der Waals surface area (Å²) in [6.07, 6.45) is 4.11. The van der Waals surface area contributed by atoms with Crippen molar-refractivity contribution in [3.8, 4) is 11.4 Å². The highest BCUT2D eigenvalue weighted by Crippen LogP contribution is 2.22. The summed E-state index contributed by atoms with van der Waals surface area (Å²) in [5.41, 5.74) is 2.61. The van der Waals surface area contributed by atoms with Crippen LogP contribution in [0.1, 0.15) is 18.4 Å². The summed E-state index contributed by atoms with van der Waals surface area (Å²) in [6, 6.07) is 12.9. The van der Waals surface area contributed by atoms with Crippen LogP contribution >= 0.6 is 11.6 Å². The molecule has 2 aromatic carbocycles. The van der Waals surface area contributed by atoms with Gasteiger partial charge in [0.2, 0.25) is 5.91 Å². The molecule has 3 aromatic rings. The number of carbonyl (C=O) groups excluding carboxylic acids is 1. The maximum absolute atomic E-state index is 12.0. The van der Waals surface area contributed by atoms with E-state index < -0.39 is 0 Å². The zero-order chi connectivity index (χ0) is 18.4. The van der Waals surface area contributed by atoms with Gasteiger partial charge in [-0.2, -0.15) is 5.10 Å². The van der Waals surface area contributed by atoms with Crippen molar-refractivity contribution < 1.29 is 9.53 Å². The van der Waals surface area contributed by atoms with E-state index in [4.69, 9.17) is 16.3 Å². The van der Waals surface area contributed by atoms with Crippen LogP contribution in [0.2, 0.25) is 5.02 Å². The average Bonchev–Trinajstić information content (AvgIpc) is 3.15. The van der Waals surface area contributed by atoms with Crippen LogP contribution in [0.3, 0.4) is 0 Å². The van der Waals surface area contributed by atoms with E-state index in [2.05, 4.69) is 15.4 Å². The Labute approximate surface area is 156 Å². The van der Waals surface area contributed by atoms with Gasteiger partial charge in [-0.3, -0.25) is 4.79 Å². The number of amides is 1. The third-order valence-electron chi connectivity index (χ3n) is 3.78. The summed E-state index contributed by atoms with van der Waals surface area (Å²) in [6.45, 7) is 2.41. The van der Waals surface area contributed by atoms with Crippen molar-refractivity contribution in [1.29, 1.82) is 0 Å². The van der Waals surface area contributed by atoms with E-state index in [1.54, 1.807) is 17.1 Å².